The van der Waals surface area contributed by atoms with Crippen molar-refractivity contribution in [1.29, 1.82) is 5.26 Å². The number of nitrogens with zero attached hydrogens (tertiary/aromatic N) is 3. The van der Waals surface area contributed by atoms with E-state index < -0.39 is 10.8 Å². The number of hydrogen-bond donors (Lipinski definition) is 0. The molecule has 0 saturated carbocycles. The van der Waals surface area contributed by atoms with Gasteiger partial charge in [-0.3, -0.25) is 9.00 Å². The van der Waals surface area contributed by atoms with Crippen LogP contribution in [0.5, 0.6) is 0 Å². The third-order valence-corrected chi connectivity index (χ3v) is 5.38. The lowest BCUT2D eigenvalue weighted by Gasteiger charge is -1.95. The Labute approximate surface area is 105 Å². The Morgan fingerprint density at radius 3 is 2.94 bits per heavy atom. The van der Waals surface area contributed by atoms with E-state index >= 15 is 0 Å². The molecule has 0 spiro atoms. The lowest BCUT2D eigenvalue weighted by molar-refractivity contribution is 0.688. The number of nitriles is 1. The predicted octanol–water partition coefficient (Wildman–Crippen LogP) is -0.537. The van der Waals surface area contributed by atoms with Crippen molar-refractivity contribution in [2.24, 2.45) is 0 Å². The summed E-state index contributed by atoms with van der Waals surface area (Å²) in [6, 6.07) is 1.96. The lowest BCUT2D eigenvalue weighted by Crippen LogP contribution is -2.17. The van der Waals surface area contributed by atoms with E-state index in [1.165, 1.54) is 16.1 Å². The normalized spacial score (nSPS) is 12.5. The highest BCUT2D eigenvalue weighted by atomic mass is 32.2. The van der Waals surface area contributed by atoms with Gasteiger partial charge < -0.3 is 3.55 Å². The van der Waals surface area contributed by atoms with Gasteiger partial charge in [-0.25, -0.2) is 4.98 Å². The molecule has 16 heavy (non-hydrogen) atoms. The van der Waals surface area contributed by atoms with Crippen molar-refractivity contribution in [3.8, 4) is 6.07 Å². The smallest absolute Gasteiger partial charge is 0.377 e. The second-order valence-electron chi connectivity index (χ2n) is 3.17. The summed E-state index contributed by atoms with van der Waals surface area (Å²) < 4.78 is 13.7. The van der Waals surface area contributed by atoms with Gasteiger partial charge >= 0.3 is 16.5 Å². The van der Waals surface area contributed by atoms with E-state index in [9.17, 15) is 9.00 Å². The zero-order chi connectivity index (χ0) is 11.9. The minimum absolute atomic E-state index is 0.158. The highest BCUT2D eigenvalue weighted by molar-refractivity contribution is 7.86. The zero-order valence-electron chi connectivity index (χ0n) is 8.55. The maximum Gasteiger partial charge on any atom is 0.377 e. The minimum Gasteiger partial charge on any atom is -0.400 e. The van der Waals surface area contributed by atoms with E-state index in [1.807, 2.05) is 6.07 Å². The van der Waals surface area contributed by atoms with Crippen LogP contribution < -0.4 is 5.56 Å². The molecule has 2 rings (SSSR count). The fraction of sp³-hybridized carbons (Fsp3) is 0.125. The van der Waals surface area contributed by atoms with Crippen molar-refractivity contribution in [1.82, 2.24) is 8.53 Å². The van der Waals surface area contributed by atoms with Crippen LogP contribution in [-0.4, -0.2) is 35.5 Å². The molecule has 8 heteroatoms. The summed E-state index contributed by atoms with van der Waals surface area (Å²) in [5.74, 6) is 0. The quantitative estimate of drug-likeness (QED) is 0.650. The van der Waals surface area contributed by atoms with E-state index in [2.05, 4.69) is 4.98 Å². The summed E-state index contributed by atoms with van der Waals surface area (Å²) in [5, 5.41) is 9.00. The zero-order valence-corrected chi connectivity index (χ0v) is 12.2. The Hall–Kier alpha value is -0.988. The molecule has 0 amide bonds. The largest absolute Gasteiger partial charge is 0.400 e. The predicted molar refractivity (Wildman–Crippen MR) is 64.9 cm³/mol. The standard InChI is InChI=1S/C8H5N3O2S2.Al.2H/c1-15(13)8-4(2-9)5-6(14-8)7(12)11-3-10-5;;;/h3H,1H3,(H,10,11,12);;;/q;+1;;/p-1. The average molecular weight is 267 g/mol. The van der Waals surface area contributed by atoms with Crippen LogP contribution in [0.1, 0.15) is 5.56 Å². The van der Waals surface area contributed by atoms with E-state index in [0.29, 0.717) is 30.9 Å². The molecule has 2 heterocycles. The van der Waals surface area contributed by atoms with Crippen LogP contribution in [0.15, 0.2) is 15.3 Å². The lowest BCUT2D eigenvalue weighted by atomic mass is 10.3. The number of thiophene rings is 1. The van der Waals surface area contributed by atoms with Crippen molar-refractivity contribution in [2.45, 2.75) is 4.21 Å². The van der Waals surface area contributed by atoms with E-state index in [0.717, 1.165) is 11.3 Å². The van der Waals surface area contributed by atoms with Gasteiger partial charge in [-0.05, 0) is 0 Å². The Kier molecular flexibility index (Phi) is 2.96. The fourth-order valence-electron chi connectivity index (χ4n) is 1.33. The van der Waals surface area contributed by atoms with Gasteiger partial charge in [0.2, 0.25) is 5.56 Å². The molecule has 0 saturated heterocycles. The highest BCUT2D eigenvalue weighted by Crippen LogP contribution is 2.28. The number of fused-ring (bicyclic) bond motifs is 1. The molecular formula is C8H6AlN3O2S2. The fourth-order valence-corrected chi connectivity index (χ4v) is 3.89. The molecule has 0 aliphatic rings. The molecule has 1 unspecified atom stereocenters. The second kappa shape index (κ2) is 4.11. The minimum atomic E-state index is -1.27. The molecule has 80 valence electrons. The van der Waals surface area contributed by atoms with Gasteiger partial charge in [0, 0.05) is 6.26 Å². The van der Waals surface area contributed by atoms with Crippen LogP contribution >= 0.6 is 11.3 Å². The van der Waals surface area contributed by atoms with Gasteiger partial charge in [0.15, 0.2) is 0 Å². The van der Waals surface area contributed by atoms with Crippen LogP contribution in [0.4, 0.5) is 0 Å². The summed E-state index contributed by atoms with van der Waals surface area (Å²) in [6.07, 6.45) is 2.91. The first-order valence-electron chi connectivity index (χ1n) is 4.28. The van der Waals surface area contributed by atoms with Gasteiger partial charge in [0.1, 0.15) is 26.1 Å². The van der Waals surface area contributed by atoms with Crippen LogP contribution in [0, 0.1) is 11.3 Å². The van der Waals surface area contributed by atoms with Crippen molar-refractivity contribution in [3.05, 3.63) is 22.2 Å². The molecule has 0 N–H and O–H groups in total. The summed E-state index contributed by atoms with van der Waals surface area (Å²) in [4.78, 5) is 15.9. The maximum absolute atomic E-state index is 11.8. The van der Waals surface area contributed by atoms with Gasteiger partial charge in [0.25, 0.3) is 0 Å². The number of aromatic nitrogens is 2. The highest BCUT2D eigenvalue weighted by Gasteiger charge is 2.18. The van der Waals surface area contributed by atoms with E-state index in [4.69, 9.17) is 5.26 Å². The first kappa shape index (κ1) is 11.5. The SMILES string of the molecule is CS(=O)c1sc2c(=O)[n]([AlH2])cnc2c1C#N. The Balaban J connectivity index is 3.00. The summed E-state index contributed by atoms with van der Waals surface area (Å²) in [5.41, 5.74) is 0.477. The Morgan fingerprint density at radius 1 is 1.69 bits per heavy atom. The summed E-state index contributed by atoms with van der Waals surface area (Å²) in [6.45, 7) is 0. The van der Waals surface area contributed by atoms with Crippen molar-refractivity contribution in [2.75, 3.05) is 6.26 Å². The first-order valence-corrected chi connectivity index (χ1v) is 7.54. The molecule has 0 fully saturated rings. The molecule has 2 aromatic heterocycles. The maximum atomic E-state index is 11.8. The van der Waals surface area contributed by atoms with Crippen LogP contribution in [0.25, 0.3) is 10.2 Å². The average Bonchev–Trinajstić information content (AvgIpc) is 2.62. The molecule has 0 radical (unpaired) electrons. The van der Waals surface area contributed by atoms with Gasteiger partial charge in [-0.15, -0.1) is 11.3 Å². The third-order valence-electron chi connectivity index (χ3n) is 2.10. The van der Waals surface area contributed by atoms with Crippen LogP contribution in [0.2, 0.25) is 0 Å². The molecule has 1 atom stereocenters. The van der Waals surface area contributed by atoms with Gasteiger partial charge in [-0.1, -0.05) is 0 Å². The van der Waals surface area contributed by atoms with Crippen LogP contribution in [0.3, 0.4) is 0 Å². The monoisotopic (exact) mass is 267 g/mol. The molecule has 0 bridgehead atoms. The van der Waals surface area contributed by atoms with E-state index in [1.54, 1.807) is 0 Å². The topological polar surface area (TPSA) is 75.8 Å². The third kappa shape index (κ3) is 1.62. The summed E-state index contributed by atoms with van der Waals surface area (Å²) in [7, 11) is -1.27. The van der Waals surface area contributed by atoms with Gasteiger partial charge in [-0.2, -0.15) is 5.26 Å². The van der Waals surface area contributed by atoms with Crippen molar-refractivity contribution in [3.63, 3.8) is 0 Å². The number of rotatable bonds is 1. The van der Waals surface area contributed by atoms with Gasteiger partial charge in [0.05, 0.1) is 17.1 Å². The molecular weight excluding hydrogens is 261 g/mol. The molecule has 0 aromatic carbocycles. The molecule has 2 aromatic rings. The van der Waals surface area contributed by atoms with E-state index in [-0.39, 0.29) is 11.1 Å². The molecule has 0 aliphatic carbocycles. The second-order valence-corrected chi connectivity index (χ2v) is 6.73. The Morgan fingerprint density at radius 2 is 2.38 bits per heavy atom. The Bertz CT molecular complexity index is 698. The molecule has 5 nitrogen and oxygen atoms in total. The summed E-state index contributed by atoms with van der Waals surface area (Å²) >= 11 is 1.64. The molecule has 0 aliphatic heterocycles. The first-order chi connectivity index (χ1) is 7.56. The number of hydrogen-bond acceptors (Lipinski definition) is 5. The van der Waals surface area contributed by atoms with Crippen molar-refractivity contribution < 1.29 is 4.21 Å². The van der Waals surface area contributed by atoms with Crippen LogP contribution in [-0.2, 0) is 10.8 Å². The van der Waals surface area contributed by atoms with Crippen molar-refractivity contribution >= 4 is 48.9 Å².